The van der Waals surface area contributed by atoms with Gasteiger partial charge in [0.15, 0.2) is 29.3 Å². The van der Waals surface area contributed by atoms with Crippen molar-refractivity contribution in [1.82, 2.24) is 20.4 Å². The molecule has 4 N–H and O–H groups in total. The molecule has 1 atom stereocenters. The number of aromatic amines is 1. The zero-order valence-corrected chi connectivity index (χ0v) is 12.4. The number of rotatable bonds is 4. The molecule has 1 aliphatic rings. The topological polar surface area (TPSA) is 135 Å². The SMILES string of the molecule is NC1(Cc2cccc(C=O)n2)N=C(c2ccco2)c2n[nH]nc2N1. The van der Waals surface area contributed by atoms with E-state index < -0.39 is 5.79 Å². The number of pyridine rings is 1. The van der Waals surface area contributed by atoms with Crippen molar-refractivity contribution in [2.24, 2.45) is 10.7 Å². The average Bonchev–Trinajstić information content (AvgIpc) is 3.25. The summed E-state index contributed by atoms with van der Waals surface area (Å²) in [6, 6.07) is 8.68. The Balaban J connectivity index is 1.74. The fourth-order valence-corrected chi connectivity index (χ4v) is 2.58. The Morgan fingerprint density at radius 1 is 1.25 bits per heavy atom. The zero-order chi connectivity index (χ0) is 16.6. The molecule has 4 heterocycles. The largest absolute Gasteiger partial charge is 0.463 e. The molecule has 9 nitrogen and oxygen atoms in total. The predicted octanol–water partition coefficient (Wildman–Crippen LogP) is 0.723. The first-order valence-electron chi connectivity index (χ1n) is 7.20. The van der Waals surface area contributed by atoms with Crippen LogP contribution < -0.4 is 11.1 Å². The second-order valence-corrected chi connectivity index (χ2v) is 5.36. The monoisotopic (exact) mass is 323 g/mol. The minimum atomic E-state index is -1.19. The molecule has 9 heteroatoms. The summed E-state index contributed by atoms with van der Waals surface area (Å²) in [6.45, 7) is 0. The van der Waals surface area contributed by atoms with Crippen LogP contribution in [0.4, 0.5) is 5.82 Å². The maximum absolute atomic E-state index is 10.9. The van der Waals surface area contributed by atoms with Gasteiger partial charge >= 0.3 is 0 Å². The van der Waals surface area contributed by atoms with Gasteiger partial charge in [-0.05, 0) is 24.3 Å². The molecular formula is C15H13N7O2. The van der Waals surface area contributed by atoms with E-state index in [0.29, 0.717) is 40.7 Å². The van der Waals surface area contributed by atoms with Crippen molar-refractivity contribution in [3.63, 3.8) is 0 Å². The summed E-state index contributed by atoms with van der Waals surface area (Å²) < 4.78 is 5.42. The number of aldehydes is 1. The minimum Gasteiger partial charge on any atom is -0.463 e. The molecule has 1 unspecified atom stereocenters. The minimum absolute atomic E-state index is 0.255. The highest BCUT2D eigenvalue weighted by Crippen LogP contribution is 2.26. The van der Waals surface area contributed by atoms with Gasteiger partial charge in [-0.3, -0.25) is 10.5 Å². The number of anilines is 1. The highest BCUT2D eigenvalue weighted by molar-refractivity contribution is 6.13. The van der Waals surface area contributed by atoms with Crippen LogP contribution in [0.3, 0.4) is 0 Å². The second kappa shape index (κ2) is 5.39. The number of nitrogens with two attached hydrogens (primary N) is 1. The summed E-state index contributed by atoms with van der Waals surface area (Å²) >= 11 is 0. The molecule has 0 radical (unpaired) electrons. The third-order valence-electron chi connectivity index (χ3n) is 3.57. The quantitative estimate of drug-likeness (QED) is 0.602. The van der Waals surface area contributed by atoms with Gasteiger partial charge in [0.2, 0.25) is 0 Å². The van der Waals surface area contributed by atoms with Crippen LogP contribution in [0.25, 0.3) is 0 Å². The van der Waals surface area contributed by atoms with Crippen LogP contribution in [0.2, 0.25) is 0 Å². The molecule has 0 amide bonds. The highest BCUT2D eigenvalue weighted by atomic mass is 16.3. The van der Waals surface area contributed by atoms with Crippen LogP contribution in [-0.4, -0.2) is 38.2 Å². The standard InChI is InChI=1S/C15H13N7O2/c16-15(7-9-3-1-4-10(8-23)17-9)18-12(11-5-2-6-24-11)13-14(19-15)21-22-20-13/h1-6,8H,7,16H2,(H2,19,20,21,22). The third-order valence-corrected chi connectivity index (χ3v) is 3.57. The zero-order valence-electron chi connectivity index (χ0n) is 12.4. The molecule has 4 rings (SSSR count). The van der Waals surface area contributed by atoms with Gasteiger partial charge in [0, 0.05) is 12.1 Å². The van der Waals surface area contributed by atoms with E-state index >= 15 is 0 Å². The second-order valence-electron chi connectivity index (χ2n) is 5.36. The van der Waals surface area contributed by atoms with Gasteiger partial charge in [-0.2, -0.15) is 10.3 Å². The molecule has 1 aliphatic heterocycles. The number of furan rings is 1. The molecule has 0 saturated carbocycles. The van der Waals surface area contributed by atoms with Crippen molar-refractivity contribution in [3.8, 4) is 0 Å². The summed E-state index contributed by atoms with van der Waals surface area (Å²) in [7, 11) is 0. The van der Waals surface area contributed by atoms with Crippen LogP contribution in [-0.2, 0) is 6.42 Å². The number of carbonyl (C=O) groups is 1. The lowest BCUT2D eigenvalue weighted by Crippen LogP contribution is -2.51. The van der Waals surface area contributed by atoms with Crippen molar-refractivity contribution < 1.29 is 9.21 Å². The van der Waals surface area contributed by atoms with Crippen molar-refractivity contribution in [2.75, 3.05) is 5.32 Å². The van der Waals surface area contributed by atoms with E-state index in [9.17, 15) is 4.79 Å². The predicted molar refractivity (Wildman–Crippen MR) is 84.6 cm³/mol. The van der Waals surface area contributed by atoms with Crippen LogP contribution in [0.1, 0.15) is 27.6 Å². The Morgan fingerprint density at radius 3 is 2.96 bits per heavy atom. The summed E-state index contributed by atoms with van der Waals surface area (Å²) in [5, 5.41) is 13.7. The molecule has 0 aliphatic carbocycles. The van der Waals surface area contributed by atoms with Crippen LogP contribution in [0, 0.1) is 0 Å². The maximum atomic E-state index is 10.9. The van der Waals surface area contributed by atoms with Crippen molar-refractivity contribution in [3.05, 3.63) is 59.4 Å². The molecule has 0 saturated heterocycles. The molecule has 3 aromatic heterocycles. The first kappa shape index (κ1) is 14.3. The van der Waals surface area contributed by atoms with E-state index in [0.717, 1.165) is 0 Å². The molecule has 3 aromatic rings. The molecule has 0 fully saturated rings. The molecule has 0 aromatic carbocycles. The van der Waals surface area contributed by atoms with Crippen molar-refractivity contribution >= 4 is 17.8 Å². The Morgan fingerprint density at radius 2 is 2.17 bits per heavy atom. The lowest BCUT2D eigenvalue weighted by molar-refractivity contribution is 0.111. The summed E-state index contributed by atoms with van der Waals surface area (Å²) in [5.74, 6) is -0.179. The van der Waals surface area contributed by atoms with E-state index in [4.69, 9.17) is 10.2 Å². The summed E-state index contributed by atoms with van der Waals surface area (Å²) in [6.07, 6.45) is 2.49. The van der Waals surface area contributed by atoms with E-state index in [1.807, 2.05) is 0 Å². The van der Waals surface area contributed by atoms with Crippen LogP contribution in [0.15, 0.2) is 46.0 Å². The number of carbonyl (C=O) groups excluding carboxylic acids is 1. The summed E-state index contributed by atoms with van der Waals surface area (Å²) in [5.41, 5.74) is 8.39. The fourth-order valence-electron chi connectivity index (χ4n) is 2.58. The number of hydrogen-bond donors (Lipinski definition) is 3. The first-order chi connectivity index (χ1) is 11.7. The first-order valence-corrected chi connectivity index (χ1v) is 7.20. The molecule has 120 valence electrons. The number of aromatic nitrogens is 4. The normalized spacial score (nSPS) is 19.3. The number of aliphatic imine (C=N–C) groups is 1. The Hall–Kier alpha value is -3.33. The van der Waals surface area contributed by atoms with Gasteiger partial charge in [-0.1, -0.05) is 6.07 Å². The lowest BCUT2D eigenvalue weighted by Gasteiger charge is -2.30. The van der Waals surface area contributed by atoms with Crippen LogP contribution in [0.5, 0.6) is 0 Å². The number of fused-ring (bicyclic) bond motifs is 1. The van der Waals surface area contributed by atoms with Gasteiger partial charge in [-0.15, -0.1) is 5.10 Å². The van der Waals surface area contributed by atoms with E-state index in [-0.39, 0.29) is 6.42 Å². The smallest absolute Gasteiger partial charge is 0.190 e. The Bertz CT molecular complexity index is 916. The van der Waals surface area contributed by atoms with Crippen LogP contribution >= 0.6 is 0 Å². The van der Waals surface area contributed by atoms with Crippen molar-refractivity contribution in [1.29, 1.82) is 0 Å². The number of H-pyrrole nitrogens is 1. The maximum Gasteiger partial charge on any atom is 0.190 e. The third kappa shape index (κ3) is 2.46. The molecule has 0 spiro atoms. The lowest BCUT2D eigenvalue weighted by atomic mass is 10.1. The number of nitrogens with zero attached hydrogens (tertiary/aromatic N) is 4. The summed E-state index contributed by atoms with van der Waals surface area (Å²) in [4.78, 5) is 19.7. The molecule has 0 bridgehead atoms. The van der Waals surface area contributed by atoms with Gasteiger partial charge in [0.05, 0.1) is 6.26 Å². The van der Waals surface area contributed by atoms with E-state index in [1.54, 1.807) is 36.6 Å². The average molecular weight is 323 g/mol. The number of hydrogen-bond acceptors (Lipinski definition) is 8. The Labute approximate surface area is 136 Å². The van der Waals surface area contributed by atoms with Gasteiger partial charge in [0.25, 0.3) is 0 Å². The molecular weight excluding hydrogens is 310 g/mol. The van der Waals surface area contributed by atoms with E-state index in [1.165, 1.54) is 0 Å². The highest BCUT2D eigenvalue weighted by Gasteiger charge is 2.35. The van der Waals surface area contributed by atoms with Gasteiger partial charge in [0.1, 0.15) is 11.4 Å². The fraction of sp³-hybridized carbons (Fsp3) is 0.133. The van der Waals surface area contributed by atoms with Gasteiger partial charge < -0.3 is 9.73 Å². The van der Waals surface area contributed by atoms with Gasteiger partial charge in [-0.25, -0.2) is 9.98 Å². The Kier molecular flexibility index (Phi) is 3.21. The van der Waals surface area contributed by atoms with E-state index in [2.05, 4.69) is 30.7 Å². The number of nitrogens with one attached hydrogen (secondary N) is 2. The molecule has 24 heavy (non-hydrogen) atoms. The van der Waals surface area contributed by atoms with Crippen molar-refractivity contribution in [2.45, 2.75) is 12.2 Å².